The molecule has 0 fully saturated rings. The predicted octanol–water partition coefficient (Wildman–Crippen LogP) is 7.63. The van der Waals surface area contributed by atoms with Gasteiger partial charge in [0.15, 0.2) is 0 Å². The summed E-state index contributed by atoms with van der Waals surface area (Å²) in [6.07, 6.45) is 0. The fourth-order valence-corrected chi connectivity index (χ4v) is 4.08. The second kappa shape index (κ2) is 8.45. The van der Waals surface area contributed by atoms with Gasteiger partial charge in [-0.15, -0.1) is 0 Å². The first-order valence-corrected chi connectivity index (χ1v) is 10.6. The van der Waals surface area contributed by atoms with Crippen LogP contribution < -0.4 is 14.1 Å². The summed E-state index contributed by atoms with van der Waals surface area (Å²) in [4.78, 5) is 0. The Morgan fingerprint density at radius 3 is 1.67 bits per heavy atom. The van der Waals surface area contributed by atoms with E-state index in [1.807, 2.05) is 6.92 Å². The van der Waals surface area contributed by atoms with Crippen LogP contribution in [0, 0.1) is 6.92 Å². The number of rotatable bonds is 6. The molecule has 4 nitrogen and oxygen atoms in total. The van der Waals surface area contributed by atoms with E-state index in [9.17, 15) is 4.57 Å². The van der Waals surface area contributed by atoms with E-state index in [-0.39, 0.29) is 0 Å². The zero-order valence-corrected chi connectivity index (χ0v) is 17.3. The quantitative estimate of drug-likeness (QED) is 0.399. The summed E-state index contributed by atoms with van der Waals surface area (Å²) >= 11 is 17.9. The molecule has 0 unspecified atom stereocenters. The van der Waals surface area contributed by atoms with Gasteiger partial charge in [-0.05, 0) is 73.2 Å². The number of nitrogens with one attached hydrogen (secondary N) is 1. The molecule has 0 aliphatic heterocycles. The van der Waals surface area contributed by atoms with Gasteiger partial charge in [-0.2, -0.15) is 0 Å². The average molecular weight is 443 g/mol. The maximum absolute atomic E-state index is 13.5. The van der Waals surface area contributed by atoms with Crippen LogP contribution in [-0.4, -0.2) is 0 Å². The van der Waals surface area contributed by atoms with E-state index in [0.717, 1.165) is 5.56 Å². The Bertz CT molecular complexity index is 927. The largest absolute Gasteiger partial charge is 0.541 e. The van der Waals surface area contributed by atoms with Crippen LogP contribution in [-0.2, 0) is 4.57 Å². The highest BCUT2D eigenvalue weighted by Crippen LogP contribution is 2.49. The van der Waals surface area contributed by atoms with Crippen LogP contribution in [0.3, 0.4) is 0 Å². The molecule has 27 heavy (non-hydrogen) atoms. The van der Waals surface area contributed by atoms with Crippen LogP contribution in [0.15, 0.2) is 66.7 Å². The van der Waals surface area contributed by atoms with Crippen molar-refractivity contribution in [2.24, 2.45) is 0 Å². The van der Waals surface area contributed by atoms with Gasteiger partial charge in [-0.3, -0.25) is 5.09 Å². The fourth-order valence-electron chi connectivity index (χ4n) is 2.19. The molecule has 140 valence electrons. The van der Waals surface area contributed by atoms with Crippen LogP contribution in [0.1, 0.15) is 5.56 Å². The summed E-state index contributed by atoms with van der Waals surface area (Å²) in [5.74, 6) is 0.674. The predicted molar refractivity (Wildman–Crippen MR) is 112 cm³/mol. The molecular weight excluding hydrogens is 428 g/mol. The van der Waals surface area contributed by atoms with E-state index < -0.39 is 7.75 Å². The molecule has 3 aromatic rings. The Balaban J connectivity index is 1.93. The molecule has 0 aromatic heterocycles. The van der Waals surface area contributed by atoms with Crippen LogP contribution in [0.5, 0.6) is 11.5 Å². The molecule has 0 aliphatic carbocycles. The third kappa shape index (κ3) is 5.57. The van der Waals surface area contributed by atoms with E-state index in [4.69, 9.17) is 43.9 Å². The molecule has 0 saturated carbocycles. The Kier molecular flexibility index (Phi) is 6.23. The number of anilines is 1. The highest BCUT2D eigenvalue weighted by atomic mass is 35.5. The lowest BCUT2D eigenvalue weighted by molar-refractivity contribution is 0.393. The van der Waals surface area contributed by atoms with Gasteiger partial charge in [0.25, 0.3) is 0 Å². The van der Waals surface area contributed by atoms with E-state index >= 15 is 0 Å². The lowest BCUT2D eigenvalue weighted by Gasteiger charge is -2.22. The standard InChI is InChI=1S/C19H15Cl3NO3P/c1-13-2-3-16(22)12-19(13)23-27(24,25-17-8-4-14(20)5-9-17)26-18-10-6-15(21)7-11-18/h2-12H,1H3,(H,23,24). The van der Waals surface area contributed by atoms with Crippen molar-refractivity contribution in [2.75, 3.05) is 5.09 Å². The van der Waals surface area contributed by atoms with Gasteiger partial charge in [0.1, 0.15) is 11.5 Å². The molecule has 0 spiro atoms. The number of benzene rings is 3. The summed E-state index contributed by atoms with van der Waals surface area (Å²) in [5, 5.41) is 4.42. The summed E-state index contributed by atoms with van der Waals surface area (Å²) in [7, 11) is -3.86. The summed E-state index contributed by atoms with van der Waals surface area (Å²) < 4.78 is 24.8. The first-order valence-electron chi connectivity index (χ1n) is 7.88. The third-order valence-electron chi connectivity index (χ3n) is 3.54. The minimum Gasteiger partial charge on any atom is -0.400 e. The maximum atomic E-state index is 13.5. The van der Waals surface area contributed by atoms with Crippen molar-refractivity contribution in [3.8, 4) is 11.5 Å². The van der Waals surface area contributed by atoms with Crippen LogP contribution >= 0.6 is 42.5 Å². The molecule has 0 aliphatic rings. The zero-order valence-electron chi connectivity index (χ0n) is 14.2. The molecule has 0 amide bonds. The molecule has 0 bridgehead atoms. The van der Waals surface area contributed by atoms with Crippen molar-refractivity contribution in [3.05, 3.63) is 87.4 Å². The van der Waals surface area contributed by atoms with Crippen molar-refractivity contribution >= 4 is 48.2 Å². The van der Waals surface area contributed by atoms with E-state index in [1.54, 1.807) is 66.7 Å². The lowest BCUT2D eigenvalue weighted by Crippen LogP contribution is -2.10. The second-order valence-corrected chi connectivity index (χ2v) is 8.55. The number of aryl methyl sites for hydroxylation is 1. The van der Waals surface area contributed by atoms with Crippen molar-refractivity contribution < 1.29 is 13.6 Å². The summed E-state index contributed by atoms with van der Waals surface area (Å²) in [5.41, 5.74) is 1.37. The third-order valence-corrected chi connectivity index (χ3v) is 5.69. The summed E-state index contributed by atoms with van der Waals surface area (Å²) in [6, 6.07) is 18.1. The van der Waals surface area contributed by atoms with Gasteiger partial charge in [0, 0.05) is 20.8 Å². The number of halogens is 3. The van der Waals surface area contributed by atoms with E-state index in [1.165, 1.54) is 0 Å². The van der Waals surface area contributed by atoms with E-state index in [2.05, 4.69) is 5.09 Å². The highest BCUT2D eigenvalue weighted by Gasteiger charge is 2.30. The highest BCUT2D eigenvalue weighted by molar-refractivity contribution is 7.56. The van der Waals surface area contributed by atoms with Gasteiger partial charge in [0.2, 0.25) is 0 Å². The Hall–Kier alpha value is -1.84. The molecule has 0 saturated heterocycles. The molecule has 3 rings (SSSR count). The number of hydrogen-bond acceptors (Lipinski definition) is 3. The zero-order chi connectivity index (χ0) is 19.4. The van der Waals surface area contributed by atoms with Crippen LogP contribution in [0.25, 0.3) is 0 Å². The number of hydrogen-bond donors (Lipinski definition) is 1. The molecule has 0 radical (unpaired) electrons. The topological polar surface area (TPSA) is 47.6 Å². The molecule has 0 atom stereocenters. The molecular formula is C19H15Cl3NO3P. The van der Waals surface area contributed by atoms with Gasteiger partial charge in [-0.25, -0.2) is 4.57 Å². The van der Waals surface area contributed by atoms with Gasteiger partial charge in [-0.1, -0.05) is 40.9 Å². The molecule has 8 heteroatoms. The van der Waals surface area contributed by atoms with Crippen molar-refractivity contribution in [1.82, 2.24) is 0 Å². The Labute approximate surface area is 172 Å². The monoisotopic (exact) mass is 441 g/mol. The Morgan fingerprint density at radius 2 is 1.19 bits per heavy atom. The normalized spacial score (nSPS) is 11.1. The van der Waals surface area contributed by atoms with E-state index in [0.29, 0.717) is 32.3 Å². The fraction of sp³-hybridized carbons (Fsp3) is 0.0526. The minimum atomic E-state index is -3.86. The molecule has 0 heterocycles. The van der Waals surface area contributed by atoms with Gasteiger partial charge >= 0.3 is 7.75 Å². The second-order valence-electron chi connectivity index (χ2n) is 5.66. The average Bonchev–Trinajstić information content (AvgIpc) is 2.62. The molecule has 3 aromatic carbocycles. The summed E-state index contributed by atoms with van der Waals surface area (Å²) in [6.45, 7) is 1.85. The first-order chi connectivity index (χ1) is 12.8. The SMILES string of the molecule is Cc1ccc(Cl)cc1NP(=O)(Oc1ccc(Cl)cc1)Oc1ccc(Cl)cc1. The maximum Gasteiger partial charge on any atom is 0.541 e. The Morgan fingerprint density at radius 1 is 0.741 bits per heavy atom. The van der Waals surface area contributed by atoms with Gasteiger partial charge < -0.3 is 9.05 Å². The molecule has 1 N–H and O–H groups in total. The lowest BCUT2D eigenvalue weighted by atomic mass is 10.2. The van der Waals surface area contributed by atoms with Crippen LogP contribution in [0.2, 0.25) is 15.1 Å². The van der Waals surface area contributed by atoms with Crippen molar-refractivity contribution in [3.63, 3.8) is 0 Å². The van der Waals surface area contributed by atoms with Crippen molar-refractivity contribution in [2.45, 2.75) is 6.92 Å². The minimum absolute atomic E-state index is 0.337. The van der Waals surface area contributed by atoms with Gasteiger partial charge in [0.05, 0.1) is 0 Å². The first kappa shape index (κ1) is 19.9. The van der Waals surface area contributed by atoms with Crippen molar-refractivity contribution in [1.29, 1.82) is 0 Å². The smallest absolute Gasteiger partial charge is 0.400 e. The van der Waals surface area contributed by atoms with Crippen LogP contribution in [0.4, 0.5) is 5.69 Å².